The number of ketones is 1. The average molecular weight is 594 g/mol. The normalized spacial score (nSPS) is 11.6. The van der Waals surface area contributed by atoms with E-state index in [9.17, 15) is 18.0 Å². The molecule has 0 radical (unpaired) electrons. The third kappa shape index (κ3) is 5.06. The maximum atomic E-state index is 14.1. The highest BCUT2D eigenvalue weighted by Gasteiger charge is 2.36. The van der Waals surface area contributed by atoms with E-state index >= 15 is 0 Å². The molecule has 0 atom stereocenters. The van der Waals surface area contributed by atoms with Crippen LogP contribution >= 0.6 is 11.6 Å². The van der Waals surface area contributed by atoms with E-state index in [1.54, 1.807) is 73.1 Å². The molecule has 6 rings (SSSR count). The Morgan fingerprint density at radius 1 is 0.881 bits per heavy atom. The summed E-state index contributed by atoms with van der Waals surface area (Å²) >= 11 is 6.05. The second kappa shape index (κ2) is 10.9. The number of amides is 1. The number of aryl methyl sites for hydroxylation is 1. The number of fused-ring (bicyclic) bond motifs is 2. The van der Waals surface area contributed by atoms with Crippen molar-refractivity contribution in [3.63, 3.8) is 0 Å². The van der Waals surface area contributed by atoms with Gasteiger partial charge in [-0.2, -0.15) is 4.31 Å². The van der Waals surface area contributed by atoms with Gasteiger partial charge in [0.05, 0.1) is 21.7 Å². The van der Waals surface area contributed by atoms with Crippen LogP contribution in [0.2, 0.25) is 5.02 Å². The Morgan fingerprint density at radius 3 is 2.38 bits per heavy atom. The zero-order chi connectivity index (χ0) is 29.4. The SMILES string of the molecule is Cc1ccc(S(=O)(=O)N(C(=O)C(=O)c2cn(Cc3ccc(Cl)cc3)c3ccccc23)c2ccc3ncccc3c2)cc1. The highest BCUT2D eigenvalue weighted by molar-refractivity contribution is 7.93. The number of aromatic nitrogens is 2. The average Bonchev–Trinajstić information content (AvgIpc) is 3.36. The number of nitrogens with zero attached hydrogens (tertiary/aromatic N) is 3. The van der Waals surface area contributed by atoms with E-state index in [0.29, 0.717) is 32.2 Å². The van der Waals surface area contributed by atoms with Crippen molar-refractivity contribution in [1.82, 2.24) is 9.55 Å². The number of carbonyl (C=O) groups excluding carboxylic acids is 2. The van der Waals surface area contributed by atoms with Gasteiger partial charge in [-0.15, -0.1) is 0 Å². The van der Waals surface area contributed by atoms with E-state index in [2.05, 4.69) is 4.98 Å². The van der Waals surface area contributed by atoms with Gasteiger partial charge in [0.1, 0.15) is 0 Å². The number of carbonyl (C=O) groups is 2. The Labute approximate surface area is 247 Å². The lowest BCUT2D eigenvalue weighted by atomic mass is 10.1. The summed E-state index contributed by atoms with van der Waals surface area (Å²) in [6, 6.07) is 28.8. The van der Waals surface area contributed by atoms with Crippen molar-refractivity contribution in [2.45, 2.75) is 18.4 Å². The molecule has 2 aromatic heterocycles. The van der Waals surface area contributed by atoms with E-state index in [4.69, 9.17) is 11.6 Å². The molecule has 0 spiro atoms. The van der Waals surface area contributed by atoms with Gasteiger partial charge in [0, 0.05) is 40.3 Å². The van der Waals surface area contributed by atoms with Gasteiger partial charge in [-0.3, -0.25) is 14.6 Å². The van der Waals surface area contributed by atoms with E-state index in [1.165, 1.54) is 18.2 Å². The van der Waals surface area contributed by atoms with Crippen LogP contribution in [0.1, 0.15) is 21.5 Å². The summed E-state index contributed by atoms with van der Waals surface area (Å²) in [5, 5.41) is 1.77. The number of rotatable bonds is 7. The van der Waals surface area contributed by atoms with E-state index in [0.717, 1.165) is 16.6 Å². The number of para-hydroxylation sites is 1. The summed E-state index contributed by atoms with van der Waals surface area (Å²) in [4.78, 5) is 32.2. The molecule has 0 aliphatic carbocycles. The summed E-state index contributed by atoms with van der Waals surface area (Å²) in [5.74, 6) is -2.13. The molecule has 2 heterocycles. The fraction of sp³-hybridized carbons (Fsp3) is 0.0606. The first kappa shape index (κ1) is 27.4. The van der Waals surface area contributed by atoms with Gasteiger partial charge in [0.25, 0.3) is 15.8 Å². The van der Waals surface area contributed by atoms with Gasteiger partial charge in [-0.25, -0.2) is 8.42 Å². The molecular weight excluding hydrogens is 570 g/mol. The van der Waals surface area contributed by atoms with Gasteiger partial charge in [-0.1, -0.05) is 65.7 Å². The molecule has 4 aromatic carbocycles. The van der Waals surface area contributed by atoms with Crippen molar-refractivity contribution in [3.05, 3.63) is 137 Å². The summed E-state index contributed by atoms with van der Waals surface area (Å²) in [7, 11) is -4.47. The minimum atomic E-state index is -4.47. The molecule has 0 aliphatic rings. The molecule has 208 valence electrons. The molecule has 0 N–H and O–H groups in total. The fourth-order valence-electron chi connectivity index (χ4n) is 4.92. The molecule has 0 aliphatic heterocycles. The van der Waals surface area contributed by atoms with Crippen LogP contribution in [-0.2, 0) is 21.4 Å². The summed E-state index contributed by atoms with van der Waals surface area (Å²) in [6.45, 7) is 2.25. The number of sulfonamides is 1. The topological polar surface area (TPSA) is 89.3 Å². The van der Waals surface area contributed by atoms with Crippen molar-refractivity contribution in [3.8, 4) is 0 Å². The fourth-order valence-corrected chi connectivity index (χ4v) is 6.43. The Bertz CT molecular complexity index is 2090. The summed E-state index contributed by atoms with van der Waals surface area (Å²) in [6.07, 6.45) is 3.22. The Kier molecular flexibility index (Phi) is 7.10. The molecule has 6 aromatic rings. The molecule has 0 fully saturated rings. The van der Waals surface area contributed by atoms with Crippen LogP contribution in [0.3, 0.4) is 0 Å². The molecular formula is C33H24ClN3O4S. The Morgan fingerprint density at radius 2 is 1.62 bits per heavy atom. The first-order valence-electron chi connectivity index (χ1n) is 13.1. The molecule has 42 heavy (non-hydrogen) atoms. The van der Waals surface area contributed by atoms with Crippen LogP contribution in [0.15, 0.2) is 120 Å². The molecule has 0 saturated carbocycles. The number of anilines is 1. The molecule has 9 heteroatoms. The zero-order valence-electron chi connectivity index (χ0n) is 22.4. The minimum absolute atomic E-state index is 0.0410. The highest BCUT2D eigenvalue weighted by atomic mass is 35.5. The third-order valence-corrected chi connectivity index (χ3v) is 9.04. The van der Waals surface area contributed by atoms with Crippen molar-refractivity contribution in [1.29, 1.82) is 0 Å². The van der Waals surface area contributed by atoms with Gasteiger partial charge in [0.2, 0.25) is 0 Å². The first-order valence-corrected chi connectivity index (χ1v) is 14.9. The highest BCUT2D eigenvalue weighted by Crippen LogP contribution is 2.30. The largest absolute Gasteiger partial charge is 0.342 e. The number of hydrogen-bond donors (Lipinski definition) is 0. The van der Waals surface area contributed by atoms with Crippen LogP contribution in [-0.4, -0.2) is 29.7 Å². The zero-order valence-corrected chi connectivity index (χ0v) is 24.0. The summed E-state index contributed by atoms with van der Waals surface area (Å²) in [5.41, 5.74) is 3.30. The van der Waals surface area contributed by atoms with Crippen LogP contribution in [0.4, 0.5) is 5.69 Å². The third-order valence-electron chi connectivity index (χ3n) is 7.06. The Balaban J connectivity index is 1.46. The van der Waals surface area contributed by atoms with Crippen molar-refractivity contribution in [2.24, 2.45) is 0 Å². The lowest BCUT2D eigenvalue weighted by Crippen LogP contribution is -2.41. The Hall–Kier alpha value is -4.79. The second-order valence-electron chi connectivity index (χ2n) is 9.91. The van der Waals surface area contributed by atoms with Gasteiger partial charge in [-0.05, 0) is 67.1 Å². The molecule has 0 bridgehead atoms. The maximum Gasteiger partial charge on any atom is 0.313 e. The first-order chi connectivity index (χ1) is 20.2. The number of Topliss-reactive ketones (excluding diaryl/α,β-unsaturated/α-hetero) is 1. The summed E-state index contributed by atoms with van der Waals surface area (Å²) < 4.78 is 30.5. The van der Waals surface area contributed by atoms with Crippen LogP contribution in [0.5, 0.6) is 0 Å². The smallest absolute Gasteiger partial charge is 0.313 e. The molecule has 0 saturated heterocycles. The monoisotopic (exact) mass is 593 g/mol. The van der Waals surface area contributed by atoms with Crippen LogP contribution in [0, 0.1) is 6.92 Å². The number of benzene rings is 4. The maximum absolute atomic E-state index is 14.1. The van der Waals surface area contributed by atoms with E-state index in [1.807, 2.05) is 35.8 Å². The van der Waals surface area contributed by atoms with Gasteiger partial charge < -0.3 is 4.57 Å². The molecule has 0 unspecified atom stereocenters. The lowest BCUT2D eigenvalue weighted by molar-refractivity contribution is -0.113. The second-order valence-corrected chi connectivity index (χ2v) is 12.1. The molecule has 7 nitrogen and oxygen atoms in total. The molecule has 1 amide bonds. The standard InChI is InChI=1S/C33H24ClN3O4S/c1-22-8-15-27(16-9-22)42(40,41)37(26-14-17-30-24(19-26)5-4-18-35-30)33(39)32(38)29-21-36(31-7-3-2-6-28(29)31)20-23-10-12-25(34)13-11-23/h2-19,21H,20H2,1H3. The predicted octanol–water partition coefficient (Wildman–Crippen LogP) is 6.80. The quantitative estimate of drug-likeness (QED) is 0.150. The minimum Gasteiger partial charge on any atom is -0.342 e. The van der Waals surface area contributed by atoms with Crippen LogP contribution in [0.25, 0.3) is 21.8 Å². The van der Waals surface area contributed by atoms with Gasteiger partial charge in [0.15, 0.2) is 0 Å². The predicted molar refractivity (Wildman–Crippen MR) is 164 cm³/mol. The number of halogens is 1. The van der Waals surface area contributed by atoms with Crippen molar-refractivity contribution >= 4 is 60.8 Å². The van der Waals surface area contributed by atoms with Crippen molar-refractivity contribution < 1.29 is 18.0 Å². The van der Waals surface area contributed by atoms with E-state index < -0.39 is 21.7 Å². The van der Waals surface area contributed by atoms with E-state index in [-0.39, 0.29) is 16.1 Å². The van der Waals surface area contributed by atoms with Crippen LogP contribution < -0.4 is 4.31 Å². The van der Waals surface area contributed by atoms with Crippen molar-refractivity contribution in [2.75, 3.05) is 4.31 Å². The van der Waals surface area contributed by atoms with Gasteiger partial charge >= 0.3 is 5.91 Å². The number of hydrogen-bond acceptors (Lipinski definition) is 5. The number of pyridine rings is 1. The lowest BCUT2D eigenvalue weighted by Gasteiger charge is -2.22.